The molecule has 0 heterocycles. The van der Waals surface area contributed by atoms with Crippen molar-refractivity contribution in [1.29, 1.82) is 0 Å². The van der Waals surface area contributed by atoms with Crippen molar-refractivity contribution >= 4 is 5.69 Å². The fraction of sp³-hybridized carbons (Fsp3) is 0.429. The molecule has 1 N–H and O–H groups in total. The summed E-state index contributed by atoms with van der Waals surface area (Å²) >= 11 is 0. The van der Waals surface area contributed by atoms with E-state index in [9.17, 15) is 9.50 Å². The molecule has 0 aliphatic carbocycles. The summed E-state index contributed by atoms with van der Waals surface area (Å²) in [4.78, 5) is 1.91. The predicted molar refractivity (Wildman–Crippen MR) is 69.7 cm³/mol. The van der Waals surface area contributed by atoms with E-state index in [0.717, 1.165) is 13.0 Å². The van der Waals surface area contributed by atoms with Crippen molar-refractivity contribution in [3.05, 3.63) is 42.2 Å². The molecule has 0 unspecified atom stereocenters. The Labute approximate surface area is 102 Å². The molecule has 0 aliphatic heterocycles. The Morgan fingerprint density at radius 2 is 2.24 bits per heavy atom. The Bertz CT molecular complexity index is 376. The molecule has 1 aromatic rings. The Morgan fingerprint density at radius 3 is 2.76 bits per heavy atom. The Hall–Kier alpha value is -1.35. The van der Waals surface area contributed by atoms with E-state index < -0.39 is 6.10 Å². The van der Waals surface area contributed by atoms with Gasteiger partial charge in [-0.3, -0.25) is 0 Å². The largest absolute Gasteiger partial charge is 0.389 e. The average Bonchev–Trinajstić information content (AvgIpc) is 2.28. The highest BCUT2D eigenvalue weighted by Crippen LogP contribution is 2.29. The fourth-order valence-corrected chi connectivity index (χ4v) is 1.92. The van der Waals surface area contributed by atoms with Crippen LogP contribution in [0.3, 0.4) is 0 Å². The number of aliphatic hydroxyl groups excluding tert-OH is 1. The molecule has 0 aromatic heterocycles. The summed E-state index contributed by atoms with van der Waals surface area (Å²) in [6.45, 7) is 8.70. The number of benzene rings is 1. The lowest BCUT2D eigenvalue weighted by Gasteiger charge is -2.26. The van der Waals surface area contributed by atoms with Gasteiger partial charge >= 0.3 is 0 Å². The Morgan fingerprint density at radius 1 is 1.53 bits per heavy atom. The maximum atomic E-state index is 13.9. The average molecular weight is 237 g/mol. The number of rotatable bonds is 6. The molecule has 1 rings (SSSR count). The van der Waals surface area contributed by atoms with E-state index in [-0.39, 0.29) is 5.82 Å². The second-order valence-corrected chi connectivity index (χ2v) is 4.09. The van der Waals surface area contributed by atoms with Gasteiger partial charge in [0.05, 0.1) is 11.8 Å². The van der Waals surface area contributed by atoms with Crippen LogP contribution in [0.4, 0.5) is 10.1 Å². The van der Waals surface area contributed by atoms with Crippen LogP contribution < -0.4 is 4.90 Å². The van der Waals surface area contributed by atoms with E-state index in [4.69, 9.17) is 0 Å². The van der Waals surface area contributed by atoms with Gasteiger partial charge in [-0.25, -0.2) is 4.39 Å². The van der Waals surface area contributed by atoms with Crippen molar-refractivity contribution in [2.75, 3.05) is 18.0 Å². The monoisotopic (exact) mass is 237 g/mol. The van der Waals surface area contributed by atoms with E-state index in [1.807, 2.05) is 11.8 Å². The van der Waals surface area contributed by atoms with E-state index in [1.165, 1.54) is 6.07 Å². The van der Waals surface area contributed by atoms with E-state index >= 15 is 0 Å². The lowest BCUT2D eigenvalue weighted by atomic mass is 10.1. The van der Waals surface area contributed by atoms with Crippen molar-refractivity contribution in [2.45, 2.75) is 26.4 Å². The summed E-state index contributed by atoms with van der Waals surface area (Å²) in [5.74, 6) is -0.293. The van der Waals surface area contributed by atoms with Crippen LogP contribution in [0.25, 0.3) is 0 Å². The van der Waals surface area contributed by atoms with Crippen molar-refractivity contribution in [3.63, 3.8) is 0 Å². The Kier molecular flexibility index (Phi) is 5.16. The molecule has 17 heavy (non-hydrogen) atoms. The van der Waals surface area contributed by atoms with Crippen LogP contribution in [-0.4, -0.2) is 18.2 Å². The lowest BCUT2D eigenvalue weighted by Crippen LogP contribution is -2.26. The minimum atomic E-state index is -0.676. The molecule has 94 valence electrons. The van der Waals surface area contributed by atoms with E-state index in [1.54, 1.807) is 25.1 Å². The molecule has 3 heteroatoms. The highest BCUT2D eigenvalue weighted by Gasteiger charge is 2.17. The van der Waals surface area contributed by atoms with Gasteiger partial charge in [0.25, 0.3) is 0 Å². The molecular formula is C14H20FNO. The predicted octanol–water partition coefficient (Wildman–Crippen LogP) is 3.28. The second-order valence-electron chi connectivity index (χ2n) is 4.09. The maximum Gasteiger partial charge on any atom is 0.146 e. The summed E-state index contributed by atoms with van der Waals surface area (Å²) in [6.07, 6.45) is 1.99. The van der Waals surface area contributed by atoms with Crippen LogP contribution in [0.2, 0.25) is 0 Å². The first-order valence-corrected chi connectivity index (χ1v) is 5.94. The van der Waals surface area contributed by atoms with Gasteiger partial charge in [0.1, 0.15) is 5.82 Å². The molecule has 0 saturated heterocycles. The third kappa shape index (κ3) is 3.30. The van der Waals surface area contributed by atoms with Crippen LogP contribution in [-0.2, 0) is 0 Å². The van der Waals surface area contributed by atoms with Crippen LogP contribution >= 0.6 is 0 Å². The summed E-state index contributed by atoms with van der Waals surface area (Å²) in [5, 5.41) is 9.70. The number of hydrogen-bond donors (Lipinski definition) is 1. The number of hydrogen-bond acceptors (Lipinski definition) is 2. The zero-order valence-corrected chi connectivity index (χ0v) is 10.5. The van der Waals surface area contributed by atoms with Gasteiger partial charge in [0.2, 0.25) is 0 Å². The summed E-state index contributed by atoms with van der Waals surface area (Å²) in [5.41, 5.74) is 1.12. The van der Waals surface area contributed by atoms with Gasteiger partial charge in [-0.15, -0.1) is 6.58 Å². The normalized spacial score (nSPS) is 12.2. The van der Waals surface area contributed by atoms with E-state index in [2.05, 4.69) is 6.58 Å². The van der Waals surface area contributed by atoms with Crippen LogP contribution in [0.15, 0.2) is 30.9 Å². The topological polar surface area (TPSA) is 23.5 Å². The van der Waals surface area contributed by atoms with Gasteiger partial charge < -0.3 is 10.0 Å². The van der Waals surface area contributed by atoms with Crippen molar-refractivity contribution < 1.29 is 9.50 Å². The Balaban J connectivity index is 3.19. The molecular weight excluding hydrogens is 217 g/mol. The van der Waals surface area contributed by atoms with Crippen molar-refractivity contribution in [2.24, 2.45) is 0 Å². The second kappa shape index (κ2) is 6.40. The highest BCUT2D eigenvalue weighted by atomic mass is 19.1. The minimum Gasteiger partial charge on any atom is -0.389 e. The number of nitrogens with zero attached hydrogens (tertiary/aromatic N) is 1. The first kappa shape index (κ1) is 13.7. The molecule has 0 saturated carbocycles. The summed E-state index contributed by atoms with van der Waals surface area (Å²) < 4.78 is 13.9. The van der Waals surface area contributed by atoms with Gasteiger partial charge in [-0.2, -0.15) is 0 Å². The first-order chi connectivity index (χ1) is 8.11. The van der Waals surface area contributed by atoms with Crippen molar-refractivity contribution in [3.8, 4) is 0 Å². The summed E-state index contributed by atoms with van der Waals surface area (Å²) in [7, 11) is 0. The number of aliphatic hydroxyl groups is 1. The fourth-order valence-electron chi connectivity index (χ4n) is 1.92. The zero-order chi connectivity index (χ0) is 12.8. The lowest BCUT2D eigenvalue weighted by molar-refractivity contribution is 0.199. The molecule has 0 radical (unpaired) electrons. The SMILES string of the molecule is C=CCN(CCC)c1c(F)cccc1[C@H](C)O. The molecule has 0 fully saturated rings. The van der Waals surface area contributed by atoms with Crippen LogP contribution in [0.5, 0.6) is 0 Å². The van der Waals surface area contributed by atoms with Gasteiger partial charge in [0.15, 0.2) is 0 Å². The molecule has 0 bridgehead atoms. The number of para-hydroxylation sites is 1. The highest BCUT2D eigenvalue weighted by molar-refractivity contribution is 5.56. The van der Waals surface area contributed by atoms with Gasteiger partial charge in [0, 0.05) is 18.7 Å². The van der Waals surface area contributed by atoms with Gasteiger partial charge in [-0.05, 0) is 19.4 Å². The zero-order valence-electron chi connectivity index (χ0n) is 10.5. The first-order valence-electron chi connectivity index (χ1n) is 5.94. The number of anilines is 1. The molecule has 0 spiro atoms. The third-order valence-electron chi connectivity index (χ3n) is 2.63. The minimum absolute atomic E-state index is 0.293. The van der Waals surface area contributed by atoms with E-state index in [0.29, 0.717) is 17.8 Å². The third-order valence-corrected chi connectivity index (χ3v) is 2.63. The van der Waals surface area contributed by atoms with Gasteiger partial charge in [-0.1, -0.05) is 25.1 Å². The smallest absolute Gasteiger partial charge is 0.146 e. The quantitative estimate of drug-likeness (QED) is 0.767. The van der Waals surface area contributed by atoms with Crippen LogP contribution in [0.1, 0.15) is 31.9 Å². The molecule has 1 aromatic carbocycles. The van der Waals surface area contributed by atoms with Crippen molar-refractivity contribution in [1.82, 2.24) is 0 Å². The number of halogens is 1. The van der Waals surface area contributed by atoms with Crippen LogP contribution in [0, 0.1) is 5.82 Å². The molecule has 1 atom stereocenters. The summed E-state index contributed by atoms with van der Waals surface area (Å²) in [6, 6.07) is 4.81. The molecule has 2 nitrogen and oxygen atoms in total. The standard InChI is InChI=1S/C14H20FNO/c1-4-9-16(10-5-2)14-12(11(3)17)7-6-8-13(14)15/h4,6-8,11,17H,1,5,9-10H2,2-3H3/t11-/m0/s1. The molecule has 0 aliphatic rings. The molecule has 0 amide bonds. The maximum absolute atomic E-state index is 13.9.